The van der Waals surface area contributed by atoms with Crippen molar-refractivity contribution in [1.82, 2.24) is 5.32 Å². The van der Waals surface area contributed by atoms with Gasteiger partial charge in [-0.2, -0.15) is 0 Å². The number of hydrogen-bond donors (Lipinski definition) is 0. The second-order valence-corrected chi connectivity index (χ2v) is 4.86. The molecule has 2 heteroatoms. The molecular formula is C13H17ClN. The molecule has 81 valence electrons. The van der Waals surface area contributed by atoms with Gasteiger partial charge in [-0.05, 0) is 49.9 Å². The Kier molecular flexibility index (Phi) is 3.20. The van der Waals surface area contributed by atoms with Crippen LogP contribution in [0.1, 0.15) is 36.8 Å². The Morgan fingerprint density at radius 1 is 1.13 bits per heavy atom. The van der Waals surface area contributed by atoms with Gasteiger partial charge in [0.25, 0.3) is 0 Å². The molecule has 1 aliphatic carbocycles. The van der Waals surface area contributed by atoms with Gasteiger partial charge in [0.05, 0.1) is 11.7 Å². The van der Waals surface area contributed by atoms with Crippen LogP contribution in [-0.4, -0.2) is 6.04 Å². The summed E-state index contributed by atoms with van der Waals surface area (Å²) in [4.78, 5) is 0. The number of rotatable bonds is 2. The fraction of sp³-hybridized carbons (Fsp3) is 0.538. The van der Waals surface area contributed by atoms with Crippen LogP contribution in [0.15, 0.2) is 12.1 Å². The van der Waals surface area contributed by atoms with Crippen molar-refractivity contribution >= 4 is 17.3 Å². The van der Waals surface area contributed by atoms with Gasteiger partial charge >= 0.3 is 0 Å². The fourth-order valence-corrected chi connectivity index (χ4v) is 2.35. The molecule has 1 saturated carbocycles. The van der Waals surface area contributed by atoms with Gasteiger partial charge in [-0.25, -0.2) is 0 Å². The van der Waals surface area contributed by atoms with Crippen molar-refractivity contribution in [3.8, 4) is 0 Å². The van der Waals surface area contributed by atoms with Gasteiger partial charge in [0.2, 0.25) is 0 Å². The maximum absolute atomic E-state index is 6.06. The first-order chi connectivity index (χ1) is 7.16. The summed E-state index contributed by atoms with van der Waals surface area (Å²) in [5.41, 5.74) is 3.44. The third-order valence-electron chi connectivity index (χ3n) is 3.12. The molecular weight excluding hydrogens is 206 g/mol. The lowest BCUT2D eigenvalue weighted by Gasteiger charge is -2.13. The highest BCUT2D eigenvalue weighted by atomic mass is 35.5. The molecule has 1 radical (unpaired) electrons. The molecule has 15 heavy (non-hydrogen) atoms. The van der Waals surface area contributed by atoms with E-state index in [1.54, 1.807) is 0 Å². The quantitative estimate of drug-likeness (QED) is 0.714. The number of benzene rings is 1. The van der Waals surface area contributed by atoms with Crippen LogP contribution in [0.5, 0.6) is 0 Å². The van der Waals surface area contributed by atoms with Crippen molar-refractivity contribution in [2.75, 3.05) is 0 Å². The monoisotopic (exact) mass is 222 g/mol. The zero-order valence-corrected chi connectivity index (χ0v) is 10.1. The van der Waals surface area contributed by atoms with E-state index in [0.717, 1.165) is 16.3 Å². The molecule has 0 bridgehead atoms. The Bertz CT molecular complexity index is 354. The average Bonchev–Trinajstić information content (AvgIpc) is 2.67. The third-order valence-corrected chi connectivity index (χ3v) is 3.53. The van der Waals surface area contributed by atoms with Crippen molar-refractivity contribution in [3.05, 3.63) is 28.3 Å². The first-order valence-corrected chi connectivity index (χ1v) is 6.02. The van der Waals surface area contributed by atoms with Gasteiger partial charge < -0.3 is 0 Å². The number of halogens is 1. The summed E-state index contributed by atoms with van der Waals surface area (Å²) in [6.45, 7) is 4.12. The Balaban J connectivity index is 2.16. The molecule has 0 saturated heterocycles. The van der Waals surface area contributed by atoms with Crippen molar-refractivity contribution in [3.63, 3.8) is 0 Å². The van der Waals surface area contributed by atoms with Gasteiger partial charge in [-0.15, -0.1) is 0 Å². The SMILES string of the molecule is Cc1cc([N]C2CCCC2)c(C)cc1Cl. The molecule has 1 aromatic carbocycles. The molecule has 0 unspecified atom stereocenters. The highest BCUT2D eigenvalue weighted by Crippen LogP contribution is 2.28. The van der Waals surface area contributed by atoms with Crippen molar-refractivity contribution < 1.29 is 0 Å². The van der Waals surface area contributed by atoms with E-state index < -0.39 is 0 Å². The molecule has 1 aliphatic rings. The maximum Gasteiger partial charge on any atom is 0.0610 e. The zero-order valence-electron chi connectivity index (χ0n) is 9.39. The normalized spacial score (nSPS) is 17.0. The van der Waals surface area contributed by atoms with Crippen LogP contribution in [-0.2, 0) is 0 Å². The minimum atomic E-state index is 0.546. The predicted molar refractivity (Wildman–Crippen MR) is 65.0 cm³/mol. The van der Waals surface area contributed by atoms with E-state index in [-0.39, 0.29) is 0 Å². The van der Waals surface area contributed by atoms with Crippen LogP contribution < -0.4 is 5.32 Å². The van der Waals surface area contributed by atoms with Crippen molar-refractivity contribution in [2.45, 2.75) is 45.6 Å². The molecule has 0 aromatic heterocycles. The summed E-state index contributed by atoms with van der Waals surface area (Å²) >= 11 is 6.06. The highest BCUT2D eigenvalue weighted by molar-refractivity contribution is 6.31. The Labute approximate surface area is 96.8 Å². The topological polar surface area (TPSA) is 14.1 Å². The Hall–Kier alpha value is -0.690. The number of aryl methyl sites for hydroxylation is 2. The molecule has 0 N–H and O–H groups in total. The molecule has 1 aromatic rings. The lowest BCUT2D eigenvalue weighted by Crippen LogP contribution is -2.14. The maximum atomic E-state index is 6.06. The van der Waals surface area contributed by atoms with Crippen LogP contribution in [0, 0.1) is 13.8 Å². The van der Waals surface area contributed by atoms with E-state index in [0.29, 0.717) is 6.04 Å². The van der Waals surface area contributed by atoms with Crippen molar-refractivity contribution in [2.24, 2.45) is 0 Å². The summed E-state index contributed by atoms with van der Waals surface area (Å²) in [7, 11) is 0. The van der Waals surface area contributed by atoms with Crippen LogP contribution in [0.2, 0.25) is 5.02 Å². The largest absolute Gasteiger partial charge is 0.282 e. The van der Waals surface area contributed by atoms with E-state index in [9.17, 15) is 0 Å². The molecule has 0 aliphatic heterocycles. The minimum absolute atomic E-state index is 0.546. The van der Waals surface area contributed by atoms with Crippen LogP contribution in [0.4, 0.5) is 5.69 Å². The fourth-order valence-electron chi connectivity index (χ4n) is 2.13. The molecule has 2 rings (SSSR count). The lowest BCUT2D eigenvalue weighted by atomic mass is 10.1. The van der Waals surface area contributed by atoms with Gasteiger partial charge in [0, 0.05) is 5.02 Å². The Morgan fingerprint density at radius 2 is 1.80 bits per heavy atom. The van der Waals surface area contributed by atoms with E-state index in [4.69, 9.17) is 16.9 Å². The zero-order chi connectivity index (χ0) is 10.8. The van der Waals surface area contributed by atoms with Gasteiger partial charge in [-0.1, -0.05) is 24.4 Å². The molecule has 0 spiro atoms. The summed E-state index contributed by atoms with van der Waals surface area (Å²) in [5, 5.41) is 5.65. The first-order valence-electron chi connectivity index (χ1n) is 5.64. The van der Waals surface area contributed by atoms with E-state index in [1.807, 2.05) is 13.0 Å². The second kappa shape index (κ2) is 4.44. The van der Waals surface area contributed by atoms with Crippen LogP contribution in [0.25, 0.3) is 0 Å². The Morgan fingerprint density at radius 3 is 2.47 bits per heavy atom. The van der Waals surface area contributed by atoms with Gasteiger partial charge in [0.1, 0.15) is 0 Å². The lowest BCUT2D eigenvalue weighted by molar-refractivity contribution is 0.603. The summed E-state index contributed by atoms with van der Waals surface area (Å²) in [6, 6.07) is 4.67. The number of hydrogen-bond acceptors (Lipinski definition) is 0. The van der Waals surface area contributed by atoms with Crippen LogP contribution in [0.3, 0.4) is 0 Å². The molecule has 0 amide bonds. The second-order valence-electron chi connectivity index (χ2n) is 4.46. The standard InChI is InChI=1S/C13H17ClN/c1-9-8-13(10(2)7-12(9)14)15-11-5-3-4-6-11/h7-8,11H,3-6H2,1-2H3. The van der Waals surface area contributed by atoms with E-state index >= 15 is 0 Å². The van der Waals surface area contributed by atoms with Gasteiger partial charge in [-0.3, -0.25) is 5.32 Å². The summed E-state index contributed by atoms with van der Waals surface area (Å²) < 4.78 is 0. The van der Waals surface area contributed by atoms with Crippen LogP contribution >= 0.6 is 11.6 Å². The summed E-state index contributed by atoms with van der Waals surface area (Å²) in [5.74, 6) is 0. The average molecular weight is 223 g/mol. The van der Waals surface area contributed by atoms with E-state index in [2.05, 4.69) is 13.0 Å². The van der Waals surface area contributed by atoms with Gasteiger partial charge in [0.15, 0.2) is 0 Å². The van der Waals surface area contributed by atoms with Crippen molar-refractivity contribution in [1.29, 1.82) is 0 Å². The minimum Gasteiger partial charge on any atom is -0.282 e. The first kappa shape index (κ1) is 10.8. The molecule has 1 fully saturated rings. The molecule has 1 nitrogen and oxygen atoms in total. The molecule has 0 atom stereocenters. The molecule has 0 heterocycles. The van der Waals surface area contributed by atoms with E-state index in [1.165, 1.54) is 31.2 Å². The third kappa shape index (κ3) is 2.46. The predicted octanol–water partition coefficient (Wildman–Crippen LogP) is 4.14. The number of nitrogens with zero attached hydrogens (tertiary/aromatic N) is 1. The highest BCUT2D eigenvalue weighted by Gasteiger charge is 2.17. The smallest absolute Gasteiger partial charge is 0.0610 e. The summed E-state index contributed by atoms with van der Waals surface area (Å²) in [6.07, 6.45) is 5.17.